The van der Waals surface area contributed by atoms with Crippen molar-refractivity contribution in [3.63, 3.8) is 0 Å². The number of carbonyl (C=O) groups excluding carboxylic acids is 1. The van der Waals surface area contributed by atoms with Gasteiger partial charge in [-0.3, -0.25) is 4.79 Å². The molecule has 1 aliphatic carbocycles. The Balaban J connectivity index is 1.71. The lowest BCUT2D eigenvalue weighted by molar-refractivity contribution is -0.128. The number of hydrogen-bond acceptors (Lipinski definition) is 3. The summed E-state index contributed by atoms with van der Waals surface area (Å²) in [6.07, 6.45) is 7.86. The second-order valence-electron chi connectivity index (χ2n) is 6.60. The van der Waals surface area contributed by atoms with E-state index in [-0.39, 0.29) is 17.4 Å². The molecule has 1 heterocycles. The summed E-state index contributed by atoms with van der Waals surface area (Å²) in [5.74, 6) is 0.906. The maximum atomic E-state index is 12.2. The number of piperidine rings is 1. The molecule has 3 unspecified atom stereocenters. The SMILES string of the molecule is CC1(N)CCCCC1C(=O)NCCC1CCCNC1. The number of amides is 1. The predicted octanol–water partition coefficient (Wildman–Crippen LogP) is 1.40. The monoisotopic (exact) mass is 267 g/mol. The summed E-state index contributed by atoms with van der Waals surface area (Å²) in [7, 11) is 0. The number of hydrogen-bond donors (Lipinski definition) is 3. The van der Waals surface area contributed by atoms with E-state index in [0.717, 1.165) is 57.7 Å². The van der Waals surface area contributed by atoms with Crippen LogP contribution in [0.15, 0.2) is 0 Å². The Morgan fingerprint density at radius 3 is 2.89 bits per heavy atom. The molecule has 4 N–H and O–H groups in total. The molecule has 0 radical (unpaired) electrons. The van der Waals surface area contributed by atoms with Crippen LogP contribution in [-0.4, -0.2) is 31.1 Å². The van der Waals surface area contributed by atoms with Gasteiger partial charge in [0.05, 0.1) is 5.92 Å². The van der Waals surface area contributed by atoms with Crippen molar-refractivity contribution in [2.45, 2.75) is 57.4 Å². The fourth-order valence-electron chi connectivity index (χ4n) is 3.48. The average molecular weight is 267 g/mol. The highest BCUT2D eigenvalue weighted by Gasteiger charge is 2.37. The number of nitrogens with two attached hydrogens (primary N) is 1. The molecule has 1 amide bonds. The van der Waals surface area contributed by atoms with Gasteiger partial charge in [-0.25, -0.2) is 0 Å². The first-order valence-corrected chi connectivity index (χ1v) is 7.87. The van der Waals surface area contributed by atoms with E-state index in [4.69, 9.17) is 5.73 Å². The van der Waals surface area contributed by atoms with Gasteiger partial charge in [0.15, 0.2) is 0 Å². The predicted molar refractivity (Wildman–Crippen MR) is 77.8 cm³/mol. The highest BCUT2D eigenvalue weighted by Crippen LogP contribution is 2.31. The molecule has 4 nitrogen and oxygen atoms in total. The van der Waals surface area contributed by atoms with Crippen LogP contribution in [0.3, 0.4) is 0 Å². The second-order valence-corrected chi connectivity index (χ2v) is 6.60. The first kappa shape index (κ1) is 14.8. The molecule has 0 aromatic heterocycles. The van der Waals surface area contributed by atoms with E-state index in [0.29, 0.717) is 0 Å². The van der Waals surface area contributed by atoms with Gasteiger partial charge < -0.3 is 16.4 Å². The summed E-state index contributed by atoms with van der Waals surface area (Å²) in [6, 6.07) is 0. The second kappa shape index (κ2) is 6.71. The van der Waals surface area contributed by atoms with Crippen molar-refractivity contribution >= 4 is 5.91 Å². The fourth-order valence-corrected chi connectivity index (χ4v) is 3.48. The van der Waals surface area contributed by atoms with E-state index in [9.17, 15) is 4.79 Å². The molecule has 0 bridgehead atoms. The number of nitrogens with one attached hydrogen (secondary N) is 2. The van der Waals surface area contributed by atoms with Crippen LogP contribution in [0, 0.1) is 11.8 Å². The molecule has 2 fully saturated rings. The van der Waals surface area contributed by atoms with Gasteiger partial charge in [0.1, 0.15) is 0 Å². The van der Waals surface area contributed by atoms with E-state index in [1.165, 1.54) is 12.8 Å². The lowest BCUT2D eigenvalue weighted by atomic mass is 9.74. The van der Waals surface area contributed by atoms with Crippen LogP contribution < -0.4 is 16.4 Å². The van der Waals surface area contributed by atoms with Gasteiger partial charge in [-0.2, -0.15) is 0 Å². The van der Waals surface area contributed by atoms with E-state index in [1.54, 1.807) is 0 Å². The van der Waals surface area contributed by atoms with Gasteiger partial charge in [0, 0.05) is 12.1 Å². The zero-order valence-electron chi connectivity index (χ0n) is 12.2. The lowest BCUT2D eigenvalue weighted by Gasteiger charge is -2.37. The van der Waals surface area contributed by atoms with Crippen molar-refractivity contribution in [2.24, 2.45) is 17.6 Å². The van der Waals surface area contributed by atoms with Gasteiger partial charge in [0.25, 0.3) is 0 Å². The van der Waals surface area contributed by atoms with Crippen molar-refractivity contribution < 1.29 is 4.79 Å². The summed E-state index contributed by atoms with van der Waals surface area (Å²) in [5, 5.41) is 6.53. The van der Waals surface area contributed by atoms with E-state index in [1.807, 2.05) is 6.92 Å². The Morgan fingerprint density at radius 2 is 2.21 bits per heavy atom. The van der Waals surface area contributed by atoms with Crippen molar-refractivity contribution in [1.82, 2.24) is 10.6 Å². The Hall–Kier alpha value is -0.610. The van der Waals surface area contributed by atoms with Gasteiger partial charge in [-0.05, 0) is 58.0 Å². The standard InChI is InChI=1S/C15H29N3O/c1-15(16)8-3-2-6-13(15)14(19)18-10-7-12-5-4-9-17-11-12/h12-13,17H,2-11,16H2,1H3,(H,18,19). The molecule has 1 saturated heterocycles. The van der Waals surface area contributed by atoms with Crippen molar-refractivity contribution in [1.29, 1.82) is 0 Å². The van der Waals surface area contributed by atoms with Crippen LogP contribution in [0.25, 0.3) is 0 Å². The van der Waals surface area contributed by atoms with Crippen LogP contribution in [0.4, 0.5) is 0 Å². The quantitative estimate of drug-likeness (QED) is 0.721. The lowest BCUT2D eigenvalue weighted by Crippen LogP contribution is -2.53. The normalized spacial score (nSPS) is 35.9. The molecule has 2 rings (SSSR count). The van der Waals surface area contributed by atoms with Crippen LogP contribution in [0.5, 0.6) is 0 Å². The summed E-state index contributed by atoms with van der Waals surface area (Å²) in [5.41, 5.74) is 5.96. The van der Waals surface area contributed by atoms with Gasteiger partial charge in [-0.1, -0.05) is 12.8 Å². The third kappa shape index (κ3) is 4.18. The number of rotatable bonds is 4. The molecule has 19 heavy (non-hydrogen) atoms. The maximum Gasteiger partial charge on any atom is 0.224 e. The highest BCUT2D eigenvalue weighted by atomic mass is 16.1. The third-order valence-electron chi connectivity index (χ3n) is 4.82. The minimum Gasteiger partial charge on any atom is -0.356 e. The number of carbonyl (C=O) groups is 1. The topological polar surface area (TPSA) is 67.2 Å². The molecule has 0 aromatic carbocycles. The molecule has 1 saturated carbocycles. The van der Waals surface area contributed by atoms with Crippen molar-refractivity contribution in [2.75, 3.05) is 19.6 Å². The fraction of sp³-hybridized carbons (Fsp3) is 0.933. The van der Waals surface area contributed by atoms with Crippen molar-refractivity contribution in [3.05, 3.63) is 0 Å². The zero-order valence-corrected chi connectivity index (χ0v) is 12.2. The molecule has 3 atom stereocenters. The minimum absolute atomic E-state index is 0.00531. The van der Waals surface area contributed by atoms with Crippen LogP contribution in [0.2, 0.25) is 0 Å². The third-order valence-corrected chi connectivity index (χ3v) is 4.82. The van der Waals surface area contributed by atoms with Crippen LogP contribution in [-0.2, 0) is 4.79 Å². The average Bonchev–Trinajstić information content (AvgIpc) is 2.39. The van der Waals surface area contributed by atoms with E-state index < -0.39 is 0 Å². The van der Waals surface area contributed by atoms with Gasteiger partial charge >= 0.3 is 0 Å². The molecular formula is C15H29N3O. The smallest absolute Gasteiger partial charge is 0.224 e. The minimum atomic E-state index is -0.311. The van der Waals surface area contributed by atoms with E-state index >= 15 is 0 Å². The first-order valence-electron chi connectivity index (χ1n) is 7.87. The summed E-state index contributed by atoms with van der Waals surface area (Å²) >= 11 is 0. The summed E-state index contributed by atoms with van der Waals surface area (Å²) in [4.78, 5) is 12.2. The van der Waals surface area contributed by atoms with Crippen molar-refractivity contribution in [3.8, 4) is 0 Å². The molecule has 0 spiro atoms. The molecule has 1 aliphatic heterocycles. The highest BCUT2D eigenvalue weighted by molar-refractivity contribution is 5.80. The van der Waals surface area contributed by atoms with Gasteiger partial charge in [0.2, 0.25) is 5.91 Å². The first-order chi connectivity index (χ1) is 9.09. The Labute approximate surface area is 116 Å². The summed E-state index contributed by atoms with van der Waals surface area (Å²) < 4.78 is 0. The Kier molecular flexibility index (Phi) is 5.22. The summed E-state index contributed by atoms with van der Waals surface area (Å²) in [6.45, 7) is 5.09. The van der Waals surface area contributed by atoms with Crippen LogP contribution in [0.1, 0.15) is 51.9 Å². The largest absolute Gasteiger partial charge is 0.356 e. The molecule has 0 aromatic rings. The molecule has 4 heteroatoms. The molecule has 110 valence electrons. The van der Waals surface area contributed by atoms with Crippen LogP contribution >= 0.6 is 0 Å². The maximum absolute atomic E-state index is 12.2. The van der Waals surface area contributed by atoms with Gasteiger partial charge in [-0.15, -0.1) is 0 Å². The Morgan fingerprint density at radius 1 is 1.37 bits per heavy atom. The Bertz CT molecular complexity index is 298. The van der Waals surface area contributed by atoms with E-state index in [2.05, 4.69) is 10.6 Å². The molecule has 2 aliphatic rings. The molecular weight excluding hydrogens is 238 g/mol. The zero-order chi connectivity index (χ0) is 13.7.